The maximum Gasteiger partial charge on any atom is 0.321 e. The van der Waals surface area contributed by atoms with Crippen molar-refractivity contribution in [3.8, 4) is 0 Å². The summed E-state index contributed by atoms with van der Waals surface area (Å²) in [5, 5.41) is 5.87. The summed E-state index contributed by atoms with van der Waals surface area (Å²) in [4.78, 5) is 44.0. The van der Waals surface area contributed by atoms with Gasteiger partial charge in [-0.2, -0.15) is 0 Å². The fraction of sp³-hybridized carbons (Fsp3) is 0.323. The van der Waals surface area contributed by atoms with Gasteiger partial charge in [0, 0.05) is 54.8 Å². The molecule has 0 saturated carbocycles. The Morgan fingerprint density at radius 1 is 0.744 bits per heavy atom. The van der Waals surface area contributed by atoms with Gasteiger partial charge in [-0.15, -0.1) is 0 Å². The molecular weight excluding hydrogens is 490 g/mol. The molecule has 1 fully saturated rings. The molecule has 3 aromatic carbocycles. The standard InChI is InChI=1S/C31H37N5O3/c1-22(2)36(30(38)25-9-5-23(3)6-10-25)21-29(37)32-26-13-15-28(16-14-26)34-17-19-35(20-18-34)31(39)33-27-11-7-24(4)8-12-27/h5-16,22H,17-21H2,1-4H3,(H,32,37)(H,33,39). The molecule has 8 nitrogen and oxygen atoms in total. The van der Waals surface area contributed by atoms with E-state index in [1.165, 1.54) is 0 Å². The molecule has 1 aliphatic rings. The topological polar surface area (TPSA) is 85.0 Å². The second kappa shape index (κ2) is 12.5. The van der Waals surface area contributed by atoms with Gasteiger partial charge in [0.15, 0.2) is 0 Å². The molecule has 0 radical (unpaired) electrons. The van der Waals surface area contributed by atoms with Crippen LogP contribution in [0.25, 0.3) is 0 Å². The van der Waals surface area contributed by atoms with E-state index >= 15 is 0 Å². The van der Waals surface area contributed by atoms with E-state index in [1.54, 1.807) is 17.0 Å². The largest absolute Gasteiger partial charge is 0.368 e. The predicted octanol–water partition coefficient (Wildman–Crippen LogP) is 5.15. The zero-order valence-corrected chi connectivity index (χ0v) is 23.1. The third-order valence-electron chi connectivity index (χ3n) is 6.88. The molecule has 3 aromatic rings. The summed E-state index contributed by atoms with van der Waals surface area (Å²) in [6, 6.07) is 22.6. The average molecular weight is 528 g/mol. The monoisotopic (exact) mass is 527 g/mol. The summed E-state index contributed by atoms with van der Waals surface area (Å²) >= 11 is 0. The van der Waals surface area contributed by atoms with Crippen LogP contribution in [-0.4, -0.2) is 66.4 Å². The first kappa shape index (κ1) is 27.7. The van der Waals surface area contributed by atoms with E-state index in [0.29, 0.717) is 24.3 Å². The molecule has 4 amide bonds. The Balaban J connectivity index is 1.27. The van der Waals surface area contributed by atoms with E-state index in [0.717, 1.165) is 35.6 Å². The first-order valence-corrected chi connectivity index (χ1v) is 13.3. The number of aryl methyl sites for hydroxylation is 2. The summed E-state index contributed by atoms with van der Waals surface area (Å²) in [6.07, 6.45) is 0. The fourth-order valence-corrected chi connectivity index (χ4v) is 4.47. The summed E-state index contributed by atoms with van der Waals surface area (Å²) in [5.74, 6) is -0.410. The maximum atomic E-state index is 13.0. The van der Waals surface area contributed by atoms with Crippen molar-refractivity contribution in [3.63, 3.8) is 0 Å². The minimum Gasteiger partial charge on any atom is -0.368 e. The fourth-order valence-electron chi connectivity index (χ4n) is 4.47. The number of hydrogen-bond donors (Lipinski definition) is 2. The first-order chi connectivity index (χ1) is 18.7. The van der Waals surface area contributed by atoms with Gasteiger partial charge in [0.05, 0.1) is 0 Å². The van der Waals surface area contributed by atoms with Crippen molar-refractivity contribution in [3.05, 3.63) is 89.5 Å². The highest BCUT2D eigenvalue weighted by atomic mass is 16.2. The third-order valence-corrected chi connectivity index (χ3v) is 6.88. The number of carbonyl (C=O) groups is 3. The second-order valence-corrected chi connectivity index (χ2v) is 10.3. The molecule has 0 atom stereocenters. The van der Waals surface area contributed by atoms with Crippen LogP contribution in [0.5, 0.6) is 0 Å². The van der Waals surface area contributed by atoms with Gasteiger partial charge in [0.1, 0.15) is 6.54 Å². The third kappa shape index (κ3) is 7.37. The summed E-state index contributed by atoms with van der Waals surface area (Å²) in [5.41, 5.74) is 5.30. The van der Waals surface area contributed by atoms with E-state index < -0.39 is 0 Å². The van der Waals surface area contributed by atoms with Gasteiger partial charge in [0.25, 0.3) is 5.91 Å². The van der Waals surface area contributed by atoms with E-state index in [-0.39, 0.29) is 30.4 Å². The Bertz CT molecular complexity index is 1280. The summed E-state index contributed by atoms with van der Waals surface area (Å²) < 4.78 is 0. The Labute approximate surface area is 230 Å². The molecule has 8 heteroatoms. The van der Waals surface area contributed by atoms with Crippen LogP contribution in [-0.2, 0) is 4.79 Å². The number of rotatable bonds is 7. The molecule has 1 aliphatic heterocycles. The van der Waals surface area contributed by atoms with Gasteiger partial charge in [-0.3, -0.25) is 9.59 Å². The number of benzene rings is 3. The predicted molar refractivity (Wildman–Crippen MR) is 156 cm³/mol. The van der Waals surface area contributed by atoms with Gasteiger partial charge < -0.3 is 25.3 Å². The van der Waals surface area contributed by atoms with Crippen LogP contribution in [0.3, 0.4) is 0 Å². The zero-order valence-electron chi connectivity index (χ0n) is 23.1. The highest BCUT2D eigenvalue weighted by molar-refractivity contribution is 5.99. The van der Waals surface area contributed by atoms with Crippen molar-refractivity contribution >= 4 is 34.9 Å². The number of nitrogens with one attached hydrogen (secondary N) is 2. The van der Waals surface area contributed by atoms with Crippen LogP contribution >= 0.6 is 0 Å². The molecule has 204 valence electrons. The van der Waals surface area contributed by atoms with Crippen molar-refractivity contribution in [2.24, 2.45) is 0 Å². The van der Waals surface area contributed by atoms with E-state index in [9.17, 15) is 14.4 Å². The number of nitrogens with zero attached hydrogens (tertiary/aromatic N) is 3. The van der Waals surface area contributed by atoms with Crippen LogP contribution < -0.4 is 15.5 Å². The van der Waals surface area contributed by atoms with Gasteiger partial charge in [-0.25, -0.2) is 4.79 Å². The van der Waals surface area contributed by atoms with Crippen molar-refractivity contribution in [2.45, 2.75) is 33.7 Å². The lowest BCUT2D eigenvalue weighted by molar-refractivity contribution is -0.117. The maximum absolute atomic E-state index is 13.0. The lowest BCUT2D eigenvalue weighted by Crippen LogP contribution is -2.50. The SMILES string of the molecule is Cc1ccc(NC(=O)N2CCN(c3ccc(NC(=O)CN(C(=O)c4ccc(C)cc4)C(C)C)cc3)CC2)cc1. The lowest BCUT2D eigenvalue weighted by Gasteiger charge is -2.36. The van der Waals surface area contributed by atoms with Crippen molar-refractivity contribution in [1.82, 2.24) is 9.80 Å². The van der Waals surface area contributed by atoms with Crippen LogP contribution in [0.1, 0.15) is 35.3 Å². The van der Waals surface area contributed by atoms with E-state index in [4.69, 9.17) is 0 Å². The number of anilines is 3. The van der Waals surface area contributed by atoms with Crippen LogP contribution in [0.2, 0.25) is 0 Å². The Kier molecular flexibility index (Phi) is 8.86. The van der Waals surface area contributed by atoms with Crippen LogP contribution in [0, 0.1) is 13.8 Å². The van der Waals surface area contributed by atoms with Gasteiger partial charge in [-0.1, -0.05) is 35.4 Å². The van der Waals surface area contributed by atoms with E-state index in [2.05, 4.69) is 15.5 Å². The highest BCUT2D eigenvalue weighted by Gasteiger charge is 2.23. The quantitative estimate of drug-likeness (QED) is 0.445. The average Bonchev–Trinajstić information content (AvgIpc) is 2.93. The van der Waals surface area contributed by atoms with Gasteiger partial charge in [0.2, 0.25) is 5.91 Å². The number of urea groups is 1. The zero-order chi connectivity index (χ0) is 27.9. The normalized spacial score (nSPS) is 13.3. The molecule has 0 spiro atoms. The van der Waals surface area contributed by atoms with Gasteiger partial charge in [-0.05, 0) is 76.2 Å². The molecule has 1 heterocycles. The van der Waals surface area contributed by atoms with Crippen LogP contribution in [0.4, 0.5) is 21.9 Å². The number of carbonyl (C=O) groups excluding carboxylic acids is 3. The molecule has 0 bridgehead atoms. The number of amides is 4. The Morgan fingerprint density at radius 3 is 1.82 bits per heavy atom. The highest BCUT2D eigenvalue weighted by Crippen LogP contribution is 2.20. The smallest absolute Gasteiger partial charge is 0.321 e. The van der Waals surface area contributed by atoms with Crippen molar-refractivity contribution in [1.29, 1.82) is 0 Å². The molecule has 1 saturated heterocycles. The molecule has 39 heavy (non-hydrogen) atoms. The molecule has 2 N–H and O–H groups in total. The Morgan fingerprint density at radius 2 is 1.26 bits per heavy atom. The van der Waals surface area contributed by atoms with Crippen molar-refractivity contribution < 1.29 is 14.4 Å². The summed E-state index contributed by atoms with van der Waals surface area (Å²) in [6.45, 7) is 10.4. The Hall–Kier alpha value is -4.33. The molecule has 0 unspecified atom stereocenters. The minimum absolute atomic E-state index is 0.0290. The second-order valence-electron chi connectivity index (χ2n) is 10.3. The lowest BCUT2D eigenvalue weighted by atomic mass is 10.1. The molecular formula is C31H37N5O3. The van der Waals surface area contributed by atoms with Crippen molar-refractivity contribution in [2.75, 3.05) is 48.3 Å². The molecule has 0 aromatic heterocycles. The number of hydrogen-bond acceptors (Lipinski definition) is 4. The van der Waals surface area contributed by atoms with Crippen LogP contribution in [0.15, 0.2) is 72.8 Å². The minimum atomic E-state index is -0.245. The molecule has 0 aliphatic carbocycles. The van der Waals surface area contributed by atoms with E-state index in [1.807, 2.05) is 93.3 Å². The summed E-state index contributed by atoms with van der Waals surface area (Å²) in [7, 11) is 0. The van der Waals surface area contributed by atoms with Gasteiger partial charge >= 0.3 is 6.03 Å². The first-order valence-electron chi connectivity index (χ1n) is 13.3. The number of piperazine rings is 1. The molecule has 4 rings (SSSR count).